The number of hydrogen-bond acceptors (Lipinski definition) is 4. The predicted octanol–water partition coefficient (Wildman–Crippen LogP) is 2.19. The van der Waals surface area contributed by atoms with Gasteiger partial charge in [-0.25, -0.2) is 0 Å². The Kier molecular flexibility index (Phi) is 1.65. The fraction of sp³-hybridized carbons (Fsp3) is 0. The van der Waals surface area contributed by atoms with Crippen molar-refractivity contribution in [2.24, 2.45) is 0 Å². The Morgan fingerprint density at radius 2 is 2.25 bits per heavy atom. The van der Waals surface area contributed by atoms with E-state index in [1.807, 2.05) is 30.5 Å². The average molecular weight is 175 g/mol. The molecule has 58 valence electrons. The third kappa shape index (κ3) is 1.00. The summed E-state index contributed by atoms with van der Waals surface area (Å²) < 4.78 is 5.19. The first-order valence-corrected chi connectivity index (χ1v) is 4.18. The lowest BCUT2D eigenvalue weighted by Gasteiger charge is -1.89. The Morgan fingerprint density at radius 1 is 1.42 bits per heavy atom. The maximum Gasteiger partial charge on any atom is 0.182 e. The molecule has 0 radical (unpaired) electrons. The van der Waals surface area contributed by atoms with E-state index in [9.17, 15) is 0 Å². The van der Waals surface area contributed by atoms with Crippen molar-refractivity contribution in [3.63, 3.8) is 0 Å². The first kappa shape index (κ1) is 7.07. The number of nitrogens with zero attached hydrogens (tertiary/aromatic N) is 2. The molecule has 0 amide bonds. The highest BCUT2D eigenvalue weighted by Gasteiger charge is 2.02. The molecule has 4 heteroatoms. The van der Waals surface area contributed by atoms with Gasteiger partial charge in [-0.3, -0.25) is 5.32 Å². The molecule has 0 aliphatic heterocycles. The Bertz CT molecular complexity index is 441. The van der Waals surface area contributed by atoms with E-state index in [4.69, 9.17) is 5.26 Å². The molecule has 0 spiro atoms. The number of aromatic nitrogens is 1. The van der Waals surface area contributed by atoms with Crippen LogP contribution in [-0.4, -0.2) is 4.37 Å². The lowest BCUT2D eigenvalue weighted by Crippen LogP contribution is -1.85. The molecule has 0 aliphatic carbocycles. The van der Waals surface area contributed by atoms with E-state index in [1.54, 1.807) is 0 Å². The molecular formula is C8H5N3S. The summed E-state index contributed by atoms with van der Waals surface area (Å²) in [6.07, 6.45) is 1.86. The lowest BCUT2D eigenvalue weighted by atomic mass is 10.3. The molecule has 0 saturated heterocycles. The maximum atomic E-state index is 8.40. The summed E-state index contributed by atoms with van der Waals surface area (Å²) in [5.41, 5.74) is 0. The van der Waals surface area contributed by atoms with Crippen LogP contribution in [0, 0.1) is 11.5 Å². The van der Waals surface area contributed by atoms with Gasteiger partial charge < -0.3 is 0 Å². The zero-order valence-electron chi connectivity index (χ0n) is 6.11. The molecule has 2 rings (SSSR count). The average Bonchev–Trinajstić information content (AvgIpc) is 2.50. The first-order valence-electron chi connectivity index (χ1n) is 3.41. The summed E-state index contributed by atoms with van der Waals surface area (Å²) in [7, 11) is 0. The Labute approximate surface area is 73.4 Å². The molecule has 1 aromatic carbocycles. The first-order chi connectivity index (χ1) is 5.92. The van der Waals surface area contributed by atoms with Gasteiger partial charge in [0.05, 0.1) is 4.70 Å². The summed E-state index contributed by atoms with van der Waals surface area (Å²) in [5, 5.41) is 11.9. The zero-order chi connectivity index (χ0) is 8.39. The van der Waals surface area contributed by atoms with Crippen molar-refractivity contribution in [3.05, 3.63) is 24.3 Å². The second-order valence-corrected chi connectivity index (χ2v) is 3.07. The van der Waals surface area contributed by atoms with E-state index in [-0.39, 0.29) is 0 Å². The van der Waals surface area contributed by atoms with Crippen LogP contribution < -0.4 is 5.32 Å². The van der Waals surface area contributed by atoms with E-state index < -0.39 is 0 Å². The second-order valence-electron chi connectivity index (χ2n) is 2.26. The number of nitrogens with one attached hydrogen (secondary N) is 1. The zero-order valence-corrected chi connectivity index (χ0v) is 6.93. The van der Waals surface area contributed by atoms with Crippen LogP contribution in [0.5, 0.6) is 0 Å². The fourth-order valence-electron chi connectivity index (χ4n) is 1.03. The van der Waals surface area contributed by atoms with Gasteiger partial charge in [-0.2, -0.15) is 9.64 Å². The molecule has 1 heterocycles. The van der Waals surface area contributed by atoms with E-state index in [0.717, 1.165) is 10.1 Å². The van der Waals surface area contributed by atoms with E-state index in [1.165, 1.54) is 11.5 Å². The smallest absolute Gasteiger partial charge is 0.182 e. The largest absolute Gasteiger partial charge is 0.275 e. The van der Waals surface area contributed by atoms with Gasteiger partial charge in [0.25, 0.3) is 0 Å². The second kappa shape index (κ2) is 2.80. The van der Waals surface area contributed by atoms with Crippen LogP contribution in [0.2, 0.25) is 0 Å². The molecule has 0 saturated carbocycles. The summed E-state index contributed by atoms with van der Waals surface area (Å²) in [6.45, 7) is 0. The van der Waals surface area contributed by atoms with Gasteiger partial charge in [-0.05, 0) is 23.7 Å². The topological polar surface area (TPSA) is 48.7 Å². The van der Waals surface area contributed by atoms with Gasteiger partial charge >= 0.3 is 0 Å². The van der Waals surface area contributed by atoms with Crippen molar-refractivity contribution < 1.29 is 0 Å². The summed E-state index contributed by atoms with van der Waals surface area (Å²) in [5.74, 6) is 0.651. The maximum absolute atomic E-state index is 8.40. The molecule has 0 unspecified atom stereocenters. The summed E-state index contributed by atoms with van der Waals surface area (Å²) >= 11 is 1.39. The van der Waals surface area contributed by atoms with Crippen molar-refractivity contribution >= 4 is 27.4 Å². The van der Waals surface area contributed by atoms with Crippen molar-refractivity contribution in [1.82, 2.24) is 4.37 Å². The number of benzene rings is 1. The molecule has 2 aromatic rings. The van der Waals surface area contributed by atoms with Gasteiger partial charge in [-0.15, -0.1) is 0 Å². The number of hydrogen-bond donors (Lipinski definition) is 1. The Morgan fingerprint density at radius 3 is 3.08 bits per heavy atom. The molecular weight excluding hydrogens is 170 g/mol. The monoisotopic (exact) mass is 175 g/mol. The van der Waals surface area contributed by atoms with Crippen LogP contribution in [0.4, 0.5) is 5.82 Å². The molecule has 1 aromatic heterocycles. The summed E-state index contributed by atoms with van der Waals surface area (Å²) in [6, 6.07) is 7.81. The SMILES string of the molecule is N#CNc1nsc2ccccc12. The molecule has 0 atom stereocenters. The van der Waals surface area contributed by atoms with E-state index >= 15 is 0 Å². The Hall–Kier alpha value is -1.60. The predicted molar refractivity (Wildman–Crippen MR) is 48.9 cm³/mol. The molecule has 0 aliphatic rings. The quantitative estimate of drug-likeness (QED) is 0.534. The molecule has 0 fully saturated rings. The van der Waals surface area contributed by atoms with Crippen molar-refractivity contribution in [3.8, 4) is 6.19 Å². The van der Waals surface area contributed by atoms with Crippen LogP contribution in [0.1, 0.15) is 0 Å². The standard InChI is InChI=1S/C8H5N3S/c9-5-10-8-6-3-1-2-4-7(6)12-11-8/h1-4H,(H,10,11). The fourth-order valence-corrected chi connectivity index (χ4v) is 1.77. The number of nitriles is 1. The van der Waals surface area contributed by atoms with Crippen LogP contribution in [-0.2, 0) is 0 Å². The molecule has 3 nitrogen and oxygen atoms in total. The highest BCUT2D eigenvalue weighted by atomic mass is 32.1. The van der Waals surface area contributed by atoms with Crippen molar-refractivity contribution in [2.45, 2.75) is 0 Å². The highest BCUT2D eigenvalue weighted by molar-refractivity contribution is 7.13. The molecule has 12 heavy (non-hydrogen) atoms. The number of fused-ring (bicyclic) bond motifs is 1. The summed E-state index contributed by atoms with van der Waals surface area (Å²) in [4.78, 5) is 0. The minimum Gasteiger partial charge on any atom is -0.275 e. The van der Waals surface area contributed by atoms with Gasteiger partial charge in [0, 0.05) is 5.39 Å². The highest BCUT2D eigenvalue weighted by Crippen LogP contribution is 2.25. The van der Waals surface area contributed by atoms with Crippen LogP contribution >= 0.6 is 11.5 Å². The molecule has 1 N–H and O–H groups in total. The van der Waals surface area contributed by atoms with Crippen molar-refractivity contribution in [1.29, 1.82) is 5.26 Å². The minimum absolute atomic E-state index is 0.651. The van der Waals surface area contributed by atoms with Crippen LogP contribution in [0.15, 0.2) is 24.3 Å². The number of rotatable bonds is 1. The van der Waals surface area contributed by atoms with Gasteiger partial charge in [-0.1, -0.05) is 12.1 Å². The van der Waals surface area contributed by atoms with Gasteiger partial charge in [0.1, 0.15) is 0 Å². The normalized spacial score (nSPS) is 9.58. The van der Waals surface area contributed by atoms with E-state index in [2.05, 4.69) is 9.69 Å². The Balaban J connectivity index is 2.64. The lowest BCUT2D eigenvalue weighted by molar-refractivity contribution is 1.44. The molecule has 0 bridgehead atoms. The van der Waals surface area contributed by atoms with Crippen LogP contribution in [0.25, 0.3) is 10.1 Å². The van der Waals surface area contributed by atoms with Gasteiger partial charge in [0.15, 0.2) is 12.0 Å². The van der Waals surface area contributed by atoms with E-state index in [0.29, 0.717) is 5.82 Å². The van der Waals surface area contributed by atoms with Gasteiger partial charge in [0.2, 0.25) is 0 Å². The minimum atomic E-state index is 0.651. The van der Waals surface area contributed by atoms with Crippen molar-refractivity contribution in [2.75, 3.05) is 5.32 Å². The third-order valence-electron chi connectivity index (χ3n) is 1.55. The number of anilines is 1. The van der Waals surface area contributed by atoms with Crippen LogP contribution in [0.3, 0.4) is 0 Å². The third-order valence-corrected chi connectivity index (χ3v) is 2.38.